The third kappa shape index (κ3) is 3.53. The van der Waals surface area contributed by atoms with Crippen LogP contribution in [0.2, 0.25) is 0 Å². The van der Waals surface area contributed by atoms with Crippen LogP contribution in [-0.4, -0.2) is 51.5 Å². The number of carbonyl (C=O) groups excluding carboxylic acids is 1. The van der Waals surface area contributed by atoms with Crippen molar-refractivity contribution in [1.29, 1.82) is 0 Å². The lowest BCUT2D eigenvalue weighted by molar-refractivity contribution is 0.0649. The standard InChI is InChI=1S/C13H23N5O/c1-10(2)4-6-17-9-12(15-16-17)13(19)18-7-5-14-8-11(18)3/h9-11,14H,4-8H2,1-3H3. The maximum absolute atomic E-state index is 12.3. The van der Waals surface area contributed by atoms with E-state index in [2.05, 4.69) is 29.5 Å². The first-order valence-electron chi connectivity index (χ1n) is 6.99. The molecule has 1 atom stereocenters. The van der Waals surface area contributed by atoms with Crippen molar-refractivity contribution in [3.05, 3.63) is 11.9 Å². The Morgan fingerprint density at radius 2 is 2.37 bits per heavy atom. The highest BCUT2D eigenvalue weighted by atomic mass is 16.2. The number of rotatable bonds is 4. The Morgan fingerprint density at radius 3 is 3.05 bits per heavy atom. The van der Waals surface area contributed by atoms with E-state index in [1.165, 1.54) is 0 Å². The normalized spacial score (nSPS) is 20.0. The van der Waals surface area contributed by atoms with E-state index in [0.717, 1.165) is 32.6 Å². The number of amides is 1. The van der Waals surface area contributed by atoms with Crippen LogP contribution in [0, 0.1) is 5.92 Å². The first kappa shape index (κ1) is 14.0. The summed E-state index contributed by atoms with van der Waals surface area (Å²) in [6.45, 7) is 9.63. The molecule has 106 valence electrons. The molecule has 1 aliphatic heterocycles. The first-order chi connectivity index (χ1) is 9.08. The van der Waals surface area contributed by atoms with Gasteiger partial charge < -0.3 is 10.2 Å². The third-order valence-electron chi connectivity index (χ3n) is 3.46. The van der Waals surface area contributed by atoms with Crippen LogP contribution in [0.4, 0.5) is 0 Å². The number of hydrogen-bond donors (Lipinski definition) is 1. The fourth-order valence-electron chi connectivity index (χ4n) is 2.19. The van der Waals surface area contributed by atoms with Gasteiger partial charge in [-0.1, -0.05) is 19.1 Å². The monoisotopic (exact) mass is 265 g/mol. The molecule has 1 aromatic rings. The van der Waals surface area contributed by atoms with Crippen LogP contribution < -0.4 is 5.32 Å². The lowest BCUT2D eigenvalue weighted by atomic mass is 10.1. The van der Waals surface area contributed by atoms with Crippen molar-refractivity contribution in [1.82, 2.24) is 25.2 Å². The van der Waals surface area contributed by atoms with Crippen molar-refractivity contribution >= 4 is 5.91 Å². The fourth-order valence-corrected chi connectivity index (χ4v) is 2.19. The number of carbonyl (C=O) groups is 1. The number of nitrogens with one attached hydrogen (secondary N) is 1. The summed E-state index contributed by atoms with van der Waals surface area (Å²) in [6.07, 6.45) is 2.81. The molecular formula is C13H23N5O. The highest BCUT2D eigenvalue weighted by Crippen LogP contribution is 2.09. The Bertz CT molecular complexity index is 428. The van der Waals surface area contributed by atoms with Crippen molar-refractivity contribution in [3.63, 3.8) is 0 Å². The van der Waals surface area contributed by atoms with Gasteiger partial charge >= 0.3 is 0 Å². The number of hydrogen-bond acceptors (Lipinski definition) is 4. The second kappa shape index (κ2) is 6.14. The molecule has 1 aromatic heterocycles. The molecule has 1 N–H and O–H groups in total. The van der Waals surface area contributed by atoms with Gasteiger partial charge in [-0.25, -0.2) is 0 Å². The Balaban J connectivity index is 1.99. The Kier molecular flexibility index (Phi) is 4.52. The van der Waals surface area contributed by atoms with Crippen LogP contribution >= 0.6 is 0 Å². The third-order valence-corrected chi connectivity index (χ3v) is 3.46. The van der Waals surface area contributed by atoms with Crippen LogP contribution in [-0.2, 0) is 6.54 Å². The predicted octanol–water partition coefficient (Wildman–Crippen LogP) is 0.758. The predicted molar refractivity (Wildman–Crippen MR) is 72.8 cm³/mol. The molecule has 1 aliphatic rings. The molecule has 1 fully saturated rings. The minimum Gasteiger partial charge on any atom is -0.332 e. The lowest BCUT2D eigenvalue weighted by Gasteiger charge is -2.33. The molecule has 19 heavy (non-hydrogen) atoms. The van der Waals surface area contributed by atoms with Gasteiger partial charge in [-0.05, 0) is 19.3 Å². The quantitative estimate of drug-likeness (QED) is 0.873. The molecule has 0 saturated carbocycles. The van der Waals surface area contributed by atoms with Crippen LogP contribution in [0.3, 0.4) is 0 Å². The van der Waals surface area contributed by atoms with E-state index in [1.807, 2.05) is 11.8 Å². The van der Waals surface area contributed by atoms with Gasteiger partial charge in [-0.3, -0.25) is 9.48 Å². The van der Waals surface area contributed by atoms with Gasteiger partial charge in [0, 0.05) is 32.2 Å². The zero-order chi connectivity index (χ0) is 13.8. The summed E-state index contributed by atoms with van der Waals surface area (Å²) in [5.74, 6) is 0.612. The fraction of sp³-hybridized carbons (Fsp3) is 0.769. The largest absolute Gasteiger partial charge is 0.332 e. The lowest BCUT2D eigenvalue weighted by Crippen LogP contribution is -2.52. The number of aromatic nitrogens is 3. The molecule has 0 bridgehead atoms. The zero-order valence-electron chi connectivity index (χ0n) is 12.0. The van der Waals surface area contributed by atoms with Crippen molar-refractivity contribution in [2.75, 3.05) is 19.6 Å². The first-order valence-corrected chi connectivity index (χ1v) is 6.99. The van der Waals surface area contributed by atoms with E-state index in [9.17, 15) is 4.79 Å². The second-order valence-electron chi connectivity index (χ2n) is 5.60. The topological polar surface area (TPSA) is 63.1 Å². The summed E-state index contributed by atoms with van der Waals surface area (Å²) in [5.41, 5.74) is 0.456. The maximum Gasteiger partial charge on any atom is 0.276 e. The highest BCUT2D eigenvalue weighted by Gasteiger charge is 2.25. The van der Waals surface area contributed by atoms with Gasteiger partial charge in [0.25, 0.3) is 5.91 Å². The molecule has 0 spiro atoms. The van der Waals surface area contributed by atoms with E-state index in [-0.39, 0.29) is 11.9 Å². The summed E-state index contributed by atoms with van der Waals surface area (Å²) in [5, 5.41) is 11.3. The minimum atomic E-state index is -0.00945. The molecule has 1 unspecified atom stereocenters. The van der Waals surface area contributed by atoms with Gasteiger partial charge in [0.15, 0.2) is 5.69 Å². The zero-order valence-corrected chi connectivity index (χ0v) is 12.0. The minimum absolute atomic E-state index is 0.00945. The van der Waals surface area contributed by atoms with Crippen LogP contribution in [0.15, 0.2) is 6.20 Å². The Labute approximate surface area is 114 Å². The Hall–Kier alpha value is -1.43. The summed E-state index contributed by atoms with van der Waals surface area (Å²) in [4.78, 5) is 14.2. The summed E-state index contributed by atoms with van der Waals surface area (Å²) in [7, 11) is 0. The molecule has 2 heterocycles. The molecule has 2 rings (SSSR count). The maximum atomic E-state index is 12.3. The number of nitrogens with zero attached hydrogens (tertiary/aromatic N) is 4. The Morgan fingerprint density at radius 1 is 1.58 bits per heavy atom. The van der Waals surface area contributed by atoms with Crippen LogP contribution in [0.5, 0.6) is 0 Å². The average molecular weight is 265 g/mol. The van der Waals surface area contributed by atoms with E-state index < -0.39 is 0 Å². The molecule has 1 amide bonds. The average Bonchev–Trinajstić information content (AvgIpc) is 2.85. The molecular weight excluding hydrogens is 242 g/mol. The van der Waals surface area contributed by atoms with Gasteiger partial charge in [0.1, 0.15) is 0 Å². The highest BCUT2D eigenvalue weighted by molar-refractivity contribution is 5.92. The summed E-state index contributed by atoms with van der Waals surface area (Å²) < 4.78 is 1.76. The second-order valence-corrected chi connectivity index (χ2v) is 5.60. The number of piperazine rings is 1. The van der Waals surface area contributed by atoms with Crippen molar-refractivity contribution in [2.24, 2.45) is 5.92 Å². The smallest absolute Gasteiger partial charge is 0.276 e. The van der Waals surface area contributed by atoms with Crippen molar-refractivity contribution in [2.45, 2.75) is 39.8 Å². The van der Waals surface area contributed by atoms with E-state index in [0.29, 0.717) is 11.6 Å². The van der Waals surface area contributed by atoms with E-state index in [1.54, 1.807) is 10.9 Å². The summed E-state index contributed by atoms with van der Waals surface area (Å²) >= 11 is 0. The van der Waals surface area contributed by atoms with Crippen LogP contribution in [0.25, 0.3) is 0 Å². The molecule has 6 heteroatoms. The molecule has 0 radical (unpaired) electrons. The van der Waals surface area contributed by atoms with Crippen molar-refractivity contribution < 1.29 is 4.79 Å². The van der Waals surface area contributed by atoms with Gasteiger partial charge in [0.05, 0.1) is 6.20 Å². The van der Waals surface area contributed by atoms with Crippen LogP contribution in [0.1, 0.15) is 37.7 Å². The molecule has 6 nitrogen and oxygen atoms in total. The van der Waals surface area contributed by atoms with Crippen molar-refractivity contribution in [3.8, 4) is 0 Å². The van der Waals surface area contributed by atoms with E-state index >= 15 is 0 Å². The van der Waals surface area contributed by atoms with Gasteiger partial charge in [-0.15, -0.1) is 5.10 Å². The van der Waals surface area contributed by atoms with E-state index in [4.69, 9.17) is 0 Å². The molecule has 1 saturated heterocycles. The van der Waals surface area contributed by atoms with Gasteiger partial charge in [-0.2, -0.15) is 0 Å². The molecule has 0 aliphatic carbocycles. The SMILES string of the molecule is CC(C)CCn1cc(C(=O)N2CCNCC2C)nn1. The number of aryl methyl sites for hydroxylation is 1. The molecule has 0 aromatic carbocycles. The summed E-state index contributed by atoms with van der Waals surface area (Å²) in [6, 6.07) is 0.210. The van der Waals surface area contributed by atoms with Gasteiger partial charge in [0.2, 0.25) is 0 Å².